The minimum atomic E-state index is 0.114. The molecule has 0 aliphatic heterocycles. The van der Waals surface area contributed by atoms with E-state index < -0.39 is 0 Å². The predicted octanol–water partition coefficient (Wildman–Crippen LogP) is 2.07. The highest BCUT2D eigenvalue weighted by molar-refractivity contribution is 5.97. The second-order valence-corrected chi connectivity index (χ2v) is 5.41. The molecular weight excluding hydrogens is 254 g/mol. The maximum atomic E-state index is 8.76. The van der Waals surface area contributed by atoms with Crippen molar-refractivity contribution in [2.75, 3.05) is 7.11 Å². The topological polar surface area (TPSA) is 79.9 Å². The van der Waals surface area contributed by atoms with Crippen LogP contribution in [0.1, 0.15) is 37.3 Å². The van der Waals surface area contributed by atoms with Gasteiger partial charge in [0.1, 0.15) is 5.75 Å². The number of nitrogens with zero attached hydrogens (tertiary/aromatic N) is 1. The lowest BCUT2D eigenvalue weighted by atomic mass is 10.0. The molecular formula is C15H23N3O2. The Hall–Kier alpha value is -1.75. The smallest absolute Gasteiger partial charge is 0.170 e. The van der Waals surface area contributed by atoms with Crippen molar-refractivity contribution in [2.45, 2.75) is 38.8 Å². The Morgan fingerprint density at radius 2 is 2.30 bits per heavy atom. The fourth-order valence-corrected chi connectivity index (χ4v) is 2.82. The van der Waals surface area contributed by atoms with E-state index in [0.717, 1.165) is 17.9 Å². The first-order valence-corrected chi connectivity index (χ1v) is 7.04. The van der Waals surface area contributed by atoms with Gasteiger partial charge < -0.3 is 21.0 Å². The molecule has 0 aromatic heterocycles. The highest BCUT2D eigenvalue weighted by Gasteiger charge is 2.22. The molecule has 1 fully saturated rings. The van der Waals surface area contributed by atoms with E-state index in [1.165, 1.54) is 19.3 Å². The Balaban J connectivity index is 2.12. The van der Waals surface area contributed by atoms with Crippen molar-refractivity contribution in [3.8, 4) is 5.75 Å². The molecule has 2 rings (SSSR count). The fraction of sp³-hybridized carbons (Fsp3) is 0.533. The quantitative estimate of drug-likeness (QED) is 0.333. The Bertz CT molecular complexity index is 488. The first kappa shape index (κ1) is 14.7. The van der Waals surface area contributed by atoms with Crippen molar-refractivity contribution in [3.05, 3.63) is 29.3 Å². The van der Waals surface area contributed by atoms with Crippen LogP contribution in [0.3, 0.4) is 0 Å². The Kier molecular flexibility index (Phi) is 4.84. The third-order valence-corrected chi connectivity index (χ3v) is 4.10. The molecule has 5 nitrogen and oxygen atoms in total. The van der Waals surface area contributed by atoms with Crippen LogP contribution in [0.25, 0.3) is 0 Å². The first-order valence-electron chi connectivity index (χ1n) is 7.04. The van der Waals surface area contributed by atoms with Crippen molar-refractivity contribution in [1.82, 2.24) is 5.32 Å². The van der Waals surface area contributed by atoms with Gasteiger partial charge >= 0.3 is 0 Å². The SMILES string of the molecule is COc1ccc(/C(N)=N/O)cc1CNC1CCCC1C. The summed E-state index contributed by atoms with van der Waals surface area (Å²) in [7, 11) is 1.65. The van der Waals surface area contributed by atoms with Crippen LogP contribution in [-0.4, -0.2) is 24.2 Å². The molecule has 20 heavy (non-hydrogen) atoms. The van der Waals surface area contributed by atoms with E-state index in [-0.39, 0.29) is 5.84 Å². The molecule has 0 bridgehead atoms. The van der Waals surface area contributed by atoms with Crippen LogP contribution in [-0.2, 0) is 6.54 Å². The number of hydrogen-bond acceptors (Lipinski definition) is 4. The molecule has 1 aromatic rings. The van der Waals surface area contributed by atoms with Crippen LogP contribution >= 0.6 is 0 Å². The Morgan fingerprint density at radius 3 is 2.90 bits per heavy atom. The summed E-state index contributed by atoms with van der Waals surface area (Å²) in [5.41, 5.74) is 7.36. The van der Waals surface area contributed by atoms with Gasteiger partial charge in [-0.05, 0) is 37.0 Å². The summed E-state index contributed by atoms with van der Waals surface area (Å²) in [6.45, 7) is 3.01. The molecule has 4 N–H and O–H groups in total. The lowest BCUT2D eigenvalue weighted by Gasteiger charge is -2.18. The minimum Gasteiger partial charge on any atom is -0.496 e. The summed E-state index contributed by atoms with van der Waals surface area (Å²) >= 11 is 0. The van der Waals surface area contributed by atoms with E-state index in [1.54, 1.807) is 13.2 Å². The molecule has 2 atom stereocenters. The second kappa shape index (κ2) is 6.61. The van der Waals surface area contributed by atoms with Gasteiger partial charge in [0, 0.05) is 23.7 Å². The van der Waals surface area contributed by atoms with Gasteiger partial charge in [-0.1, -0.05) is 18.5 Å². The molecule has 110 valence electrons. The standard InChI is InChI=1S/C15H23N3O2/c1-10-4-3-5-13(10)17-9-12-8-11(15(16)18-19)6-7-14(12)20-2/h6-8,10,13,17,19H,3-5,9H2,1-2H3,(H2,16,18). The maximum Gasteiger partial charge on any atom is 0.170 e. The van der Waals surface area contributed by atoms with E-state index in [9.17, 15) is 0 Å². The lowest BCUT2D eigenvalue weighted by Crippen LogP contribution is -2.30. The summed E-state index contributed by atoms with van der Waals surface area (Å²) in [6.07, 6.45) is 3.81. The minimum absolute atomic E-state index is 0.114. The molecule has 1 aromatic carbocycles. The van der Waals surface area contributed by atoms with Crippen molar-refractivity contribution in [1.29, 1.82) is 0 Å². The molecule has 0 radical (unpaired) electrons. The zero-order valence-corrected chi connectivity index (χ0v) is 12.1. The van der Waals surface area contributed by atoms with Crippen LogP contribution < -0.4 is 15.8 Å². The maximum absolute atomic E-state index is 8.76. The zero-order valence-electron chi connectivity index (χ0n) is 12.1. The van der Waals surface area contributed by atoms with Crippen LogP contribution in [0, 0.1) is 5.92 Å². The number of methoxy groups -OCH3 is 1. The lowest BCUT2D eigenvalue weighted by molar-refractivity contribution is 0.318. The van der Waals surface area contributed by atoms with Gasteiger partial charge in [-0.3, -0.25) is 0 Å². The monoisotopic (exact) mass is 277 g/mol. The molecule has 5 heteroatoms. The number of rotatable bonds is 5. The largest absolute Gasteiger partial charge is 0.496 e. The van der Waals surface area contributed by atoms with Gasteiger partial charge in [0.15, 0.2) is 5.84 Å². The number of amidine groups is 1. The number of ether oxygens (including phenoxy) is 1. The molecule has 2 unspecified atom stereocenters. The summed E-state index contributed by atoms with van der Waals surface area (Å²) < 4.78 is 5.37. The van der Waals surface area contributed by atoms with E-state index in [2.05, 4.69) is 17.4 Å². The van der Waals surface area contributed by atoms with Crippen LogP contribution in [0.15, 0.2) is 23.4 Å². The van der Waals surface area contributed by atoms with Crippen LogP contribution in [0.2, 0.25) is 0 Å². The first-order chi connectivity index (χ1) is 9.65. The van der Waals surface area contributed by atoms with Gasteiger partial charge in [-0.25, -0.2) is 0 Å². The highest BCUT2D eigenvalue weighted by atomic mass is 16.5. The Morgan fingerprint density at radius 1 is 1.50 bits per heavy atom. The number of nitrogens with one attached hydrogen (secondary N) is 1. The highest BCUT2D eigenvalue weighted by Crippen LogP contribution is 2.26. The van der Waals surface area contributed by atoms with E-state index in [0.29, 0.717) is 17.5 Å². The Labute approximate surface area is 119 Å². The molecule has 0 spiro atoms. The molecule has 0 amide bonds. The average Bonchev–Trinajstić information content (AvgIpc) is 2.89. The number of nitrogens with two attached hydrogens (primary N) is 1. The van der Waals surface area contributed by atoms with Gasteiger partial charge in [-0.15, -0.1) is 0 Å². The summed E-state index contributed by atoms with van der Waals surface area (Å²) in [4.78, 5) is 0. The molecule has 1 saturated carbocycles. The fourth-order valence-electron chi connectivity index (χ4n) is 2.82. The van der Waals surface area contributed by atoms with Crippen LogP contribution in [0.5, 0.6) is 5.75 Å². The van der Waals surface area contributed by atoms with Gasteiger partial charge in [0.25, 0.3) is 0 Å². The number of hydrogen-bond donors (Lipinski definition) is 3. The number of benzene rings is 1. The molecule has 0 saturated heterocycles. The number of oxime groups is 1. The van der Waals surface area contributed by atoms with Gasteiger partial charge in [0.05, 0.1) is 7.11 Å². The molecule has 0 heterocycles. The van der Waals surface area contributed by atoms with Crippen molar-refractivity contribution < 1.29 is 9.94 Å². The molecule has 1 aliphatic carbocycles. The predicted molar refractivity (Wildman–Crippen MR) is 79.1 cm³/mol. The summed E-state index contributed by atoms with van der Waals surface area (Å²) in [6, 6.07) is 6.10. The average molecular weight is 277 g/mol. The third-order valence-electron chi connectivity index (χ3n) is 4.10. The molecule has 1 aliphatic rings. The van der Waals surface area contributed by atoms with Gasteiger partial charge in [-0.2, -0.15) is 0 Å². The van der Waals surface area contributed by atoms with Crippen molar-refractivity contribution in [2.24, 2.45) is 16.8 Å². The summed E-state index contributed by atoms with van der Waals surface area (Å²) in [5.74, 6) is 1.65. The van der Waals surface area contributed by atoms with Crippen LogP contribution in [0.4, 0.5) is 0 Å². The van der Waals surface area contributed by atoms with E-state index in [4.69, 9.17) is 15.7 Å². The van der Waals surface area contributed by atoms with Gasteiger partial charge in [0.2, 0.25) is 0 Å². The van der Waals surface area contributed by atoms with E-state index >= 15 is 0 Å². The summed E-state index contributed by atoms with van der Waals surface area (Å²) in [5, 5.41) is 15.4. The zero-order chi connectivity index (χ0) is 14.5. The normalized spacial score (nSPS) is 23.0. The van der Waals surface area contributed by atoms with E-state index in [1.807, 2.05) is 12.1 Å². The van der Waals surface area contributed by atoms with Crippen molar-refractivity contribution >= 4 is 5.84 Å². The third kappa shape index (κ3) is 3.22. The van der Waals surface area contributed by atoms with Crippen molar-refractivity contribution in [3.63, 3.8) is 0 Å². The second-order valence-electron chi connectivity index (χ2n) is 5.41.